The molecule has 0 aromatic heterocycles. The van der Waals surface area contributed by atoms with Crippen LogP contribution in [-0.4, -0.2) is 20.2 Å². The molecule has 1 aromatic rings. The molecular formula is C10H9Cl2NO2S. The first-order chi connectivity index (χ1) is 7.48. The van der Waals surface area contributed by atoms with Crippen molar-refractivity contribution in [2.75, 3.05) is 11.1 Å². The van der Waals surface area contributed by atoms with Gasteiger partial charge in [0.1, 0.15) is 0 Å². The van der Waals surface area contributed by atoms with E-state index in [2.05, 4.69) is 5.32 Å². The average molecular weight is 278 g/mol. The van der Waals surface area contributed by atoms with Crippen LogP contribution in [0.3, 0.4) is 0 Å². The number of anilines is 1. The first kappa shape index (κ1) is 11.8. The van der Waals surface area contributed by atoms with E-state index in [1.165, 1.54) is 5.41 Å². The van der Waals surface area contributed by atoms with Crippen LogP contribution in [0.5, 0.6) is 0 Å². The van der Waals surface area contributed by atoms with Gasteiger partial charge in [-0.3, -0.25) is 0 Å². The Bertz CT molecular complexity index is 540. The van der Waals surface area contributed by atoms with E-state index in [4.69, 9.17) is 23.2 Å². The zero-order valence-corrected chi connectivity index (χ0v) is 10.5. The van der Waals surface area contributed by atoms with Gasteiger partial charge in [0.25, 0.3) is 0 Å². The summed E-state index contributed by atoms with van der Waals surface area (Å²) >= 11 is 11.8. The number of benzene rings is 1. The lowest BCUT2D eigenvalue weighted by Crippen LogP contribution is -2.21. The maximum Gasteiger partial charge on any atom is 0.173 e. The topological polar surface area (TPSA) is 46.2 Å². The molecule has 1 N–H and O–H groups in total. The van der Waals surface area contributed by atoms with Crippen molar-refractivity contribution < 1.29 is 8.42 Å². The zero-order chi connectivity index (χ0) is 11.8. The molecule has 0 radical (unpaired) electrons. The number of halogens is 2. The van der Waals surface area contributed by atoms with Crippen LogP contribution >= 0.6 is 23.2 Å². The quantitative estimate of drug-likeness (QED) is 0.904. The van der Waals surface area contributed by atoms with Crippen molar-refractivity contribution in [2.45, 2.75) is 6.04 Å². The lowest BCUT2D eigenvalue weighted by atomic mass is 10.2. The Labute approximate surface area is 104 Å². The Hall–Kier alpha value is -0.710. The molecule has 1 unspecified atom stereocenters. The van der Waals surface area contributed by atoms with Gasteiger partial charge in [-0.15, -0.1) is 0 Å². The normalized spacial score (nSPS) is 22.2. The van der Waals surface area contributed by atoms with E-state index < -0.39 is 9.84 Å². The molecule has 0 bridgehead atoms. The lowest BCUT2D eigenvalue weighted by Gasteiger charge is -2.13. The zero-order valence-electron chi connectivity index (χ0n) is 8.15. The molecule has 1 atom stereocenters. The molecule has 1 heterocycles. The fourth-order valence-corrected chi connectivity index (χ4v) is 3.07. The van der Waals surface area contributed by atoms with Crippen LogP contribution < -0.4 is 5.32 Å². The van der Waals surface area contributed by atoms with Crippen LogP contribution in [0.4, 0.5) is 5.69 Å². The summed E-state index contributed by atoms with van der Waals surface area (Å²) in [6.45, 7) is 0. The third-order valence-electron chi connectivity index (χ3n) is 2.22. The number of sulfone groups is 1. The molecule has 2 rings (SSSR count). The molecule has 0 fully saturated rings. The van der Waals surface area contributed by atoms with Crippen molar-refractivity contribution in [3.63, 3.8) is 0 Å². The monoisotopic (exact) mass is 277 g/mol. The highest BCUT2D eigenvalue weighted by Gasteiger charge is 2.22. The molecule has 1 aliphatic rings. The number of nitrogens with one attached hydrogen (secondary N) is 1. The number of hydrogen-bond acceptors (Lipinski definition) is 3. The first-order valence-electron chi connectivity index (χ1n) is 4.59. The van der Waals surface area contributed by atoms with Gasteiger partial charge in [0.05, 0.1) is 27.5 Å². The van der Waals surface area contributed by atoms with Gasteiger partial charge in [-0.1, -0.05) is 35.3 Å². The van der Waals surface area contributed by atoms with Crippen LogP contribution in [0, 0.1) is 0 Å². The van der Waals surface area contributed by atoms with Crippen LogP contribution in [-0.2, 0) is 9.84 Å². The lowest BCUT2D eigenvalue weighted by molar-refractivity contribution is 0.605. The Morgan fingerprint density at radius 2 is 2.06 bits per heavy atom. The Morgan fingerprint density at radius 3 is 2.69 bits per heavy atom. The van der Waals surface area contributed by atoms with Gasteiger partial charge >= 0.3 is 0 Å². The smallest absolute Gasteiger partial charge is 0.173 e. The molecule has 0 saturated carbocycles. The van der Waals surface area contributed by atoms with Crippen molar-refractivity contribution in [1.29, 1.82) is 0 Å². The molecule has 16 heavy (non-hydrogen) atoms. The molecular weight excluding hydrogens is 269 g/mol. The summed E-state index contributed by atoms with van der Waals surface area (Å²) in [6.07, 6.45) is 1.60. The minimum absolute atomic E-state index is 0.0514. The summed E-state index contributed by atoms with van der Waals surface area (Å²) < 4.78 is 22.4. The summed E-state index contributed by atoms with van der Waals surface area (Å²) in [4.78, 5) is 0. The van der Waals surface area contributed by atoms with E-state index >= 15 is 0 Å². The van der Waals surface area contributed by atoms with Gasteiger partial charge in [-0.25, -0.2) is 8.42 Å². The van der Waals surface area contributed by atoms with Gasteiger partial charge in [0.2, 0.25) is 0 Å². The Morgan fingerprint density at radius 1 is 1.31 bits per heavy atom. The molecule has 0 aliphatic carbocycles. The van der Waals surface area contributed by atoms with Crippen LogP contribution in [0.15, 0.2) is 29.7 Å². The van der Waals surface area contributed by atoms with E-state index in [1.54, 1.807) is 24.3 Å². The van der Waals surface area contributed by atoms with E-state index in [1.807, 2.05) is 0 Å². The second-order valence-corrected chi connectivity index (χ2v) is 6.23. The molecule has 6 heteroatoms. The largest absolute Gasteiger partial charge is 0.377 e. The van der Waals surface area contributed by atoms with Crippen LogP contribution in [0.25, 0.3) is 0 Å². The summed E-state index contributed by atoms with van der Waals surface area (Å²) in [6, 6.07) is 4.94. The van der Waals surface area contributed by atoms with Crippen molar-refractivity contribution in [3.05, 3.63) is 39.7 Å². The van der Waals surface area contributed by atoms with Gasteiger partial charge in [0.15, 0.2) is 9.84 Å². The molecule has 0 spiro atoms. The number of hydrogen-bond donors (Lipinski definition) is 1. The highest BCUT2D eigenvalue weighted by molar-refractivity contribution is 7.94. The highest BCUT2D eigenvalue weighted by Crippen LogP contribution is 2.30. The average Bonchev–Trinajstić information content (AvgIpc) is 2.53. The van der Waals surface area contributed by atoms with Crippen molar-refractivity contribution in [3.8, 4) is 0 Å². The Balaban J connectivity index is 2.17. The third kappa shape index (κ3) is 2.51. The van der Waals surface area contributed by atoms with E-state index in [9.17, 15) is 8.42 Å². The molecule has 3 nitrogen and oxygen atoms in total. The van der Waals surface area contributed by atoms with E-state index in [-0.39, 0.29) is 11.8 Å². The van der Waals surface area contributed by atoms with Gasteiger partial charge in [0, 0.05) is 5.41 Å². The standard InChI is InChI=1S/C10H9Cl2NO2S/c11-8-2-1-3-9(10(8)12)13-7-4-5-16(14,15)6-7/h1-5,7,13H,6H2. The Kier molecular flexibility index (Phi) is 3.15. The summed E-state index contributed by atoms with van der Waals surface area (Å²) in [5, 5.41) is 5.08. The molecule has 1 aliphatic heterocycles. The third-order valence-corrected chi connectivity index (χ3v) is 4.44. The first-order valence-corrected chi connectivity index (χ1v) is 7.06. The maximum atomic E-state index is 11.2. The SMILES string of the molecule is O=S1(=O)C=CC(Nc2cccc(Cl)c2Cl)C1. The highest BCUT2D eigenvalue weighted by atomic mass is 35.5. The predicted molar refractivity (Wildman–Crippen MR) is 66.8 cm³/mol. The second kappa shape index (κ2) is 4.28. The fraction of sp³-hybridized carbons (Fsp3) is 0.200. The van der Waals surface area contributed by atoms with Gasteiger partial charge in [-0.05, 0) is 12.1 Å². The second-order valence-electron chi connectivity index (χ2n) is 3.51. The van der Waals surface area contributed by atoms with Gasteiger partial charge in [-0.2, -0.15) is 0 Å². The van der Waals surface area contributed by atoms with Crippen molar-refractivity contribution in [2.24, 2.45) is 0 Å². The summed E-state index contributed by atoms with van der Waals surface area (Å²) in [5.74, 6) is 0.0514. The van der Waals surface area contributed by atoms with Crippen molar-refractivity contribution in [1.82, 2.24) is 0 Å². The van der Waals surface area contributed by atoms with Crippen LogP contribution in [0.1, 0.15) is 0 Å². The minimum Gasteiger partial charge on any atom is -0.377 e. The van der Waals surface area contributed by atoms with E-state index in [0.29, 0.717) is 15.7 Å². The van der Waals surface area contributed by atoms with Crippen LogP contribution in [0.2, 0.25) is 10.0 Å². The van der Waals surface area contributed by atoms with Crippen molar-refractivity contribution >= 4 is 38.7 Å². The molecule has 1 aromatic carbocycles. The predicted octanol–water partition coefficient (Wildman–Crippen LogP) is 2.72. The van der Waals surface area contributed by atoms with Gasteiger partial charge < -0.3 is 5.32 Å². The summed E-state index contributed by atoms with van der Waals surface area (Å²) in [7, 11) is -3.06. The minimum atomic E-state index is -3.06. The maximum absolute atomic E-state index is 11.2. The number of rotatable bonds is 2. The van der Waals surface area contributed by atoms with E-state index in [0.717, 1.165) is 0 Å². The molecule has 86 valence electrons. The molecule has 0 saturated heterocycles. The fourth-order valence-electron chi connectivity index (χ4n) is 1.48. The summed E-state index contributed by atoms with van der Waals surface area (Å²) in [5.41, 5.74) is 0.640. The molecule has 0 amide bonds.